The van der Waals surface area contributed by atoms with Crippen LogP contribution in [-0.4, -0.2) is 23.8 Å². The third-order valence-corrected chi connectivity index (χ3v) is 7.14. The van der Waals surface area contributed by atoms with Gasteiger partial charge in [-0.15, -0.1) is 6.58 Å². The SMILES string of the molecule is C=CCCOc1ccc(-c2ccc(OC(=O)c3ccc(C4CCC(C(C)O)CC4)c(F)c3F)cc2)cc1F. The van der Waals surface area contributed by atoms with Crippen molar-refractivity contribution in [1.29, 1.82) is 0 Å². The van der Waals surface area contributed by atoms with E-state index >= 15 is 0 Å². The Morgan fingerprint density at radius 3 is 2.32 bits per heavy atom. The minimum Gasteiger partial charge on any atom is -0.490 e. The van der Waals surface area contributed by atoms with Crippen LogP contribution in [0.2, 0.25) is 0 Å². The van der Waals surface area contributed by atoms with Crippen molar-refractivity contribution in [1.82, 2.24) is 0 Å². The monoisotopic (exact) mass is 524 g/mol. The van der Waals surface area contributed by atoms with Gasteiger partial charge in [-0.25, -0.2) is 18.0 Å². The molecule has 200 valence electrons. The van der Waals surface area contributed by atoms with Crippen molar-refractivity contribution < 1.29 is 32.5 Å². The summed E-state index contributed by atoms with van der Waals surface area (Å²) < 4.78 is 54.8. The van der Waals surface area contributed by atoms with Gasteiger partial charge < -0.3 is 14.6 Å². The molecule has 4 nitrogen and oxygen atoms in total. The fourth-order valence-electron chi connectivity index (χ4n) is 4.88. The number of benzene rings is 3. The Morgan fingerprint density at radius 2 is 1.68 bits per heavy atom. The largest absolute Gasteiger partial charge is 0.490 e. The van der Waals surface area contributed by atoms with Crippen LogP contribution in [0.4, 0.5) is 13.2 Å². The lowest BCUT2D eigenvalue weighted by atomic mass is 9.76. The Kier molecular flexibility index (Phi) is 8.89. The van der Waals surface area contributed by atoms with Gasteiger partial charge in [0.2, 0.25) is 0 Å². The Morgan fingerprint density at radius 1 is 1.00 bits per heavy atom. The van der Waals surface area contributed by atoms with Gasteiger partial charge in [-0.05, 0) is 97.9 Å². The van der Waals surface area contributed by atoms with E-state index in [0.717, 1.165) is 12.8 Å². The van der Waals surface area contributed by atoms with Crippen molar-refractivity contribution in [3.8, 4) is 22.6 Å². The van der Waals surface area contributed by atoms with E-state index < -0.39 is 35.1 Å². The highest BCUT2D eigenvalue weighted by Crippen LogP contribution is 2.39. The van der Waals surface area contributed by atoms with Crippen molar-refractivity contribution in [2.45, 2.75) is 51.0 Å². The van der Waals surface area contributed by atoms with Crippen molar-refractivity contribution in [2.24, 2.45) is 5.92 Å². The van der Waals surface area contributed by atoms with E-state index in [-0.39, 0.29) is 28.9 Å². The number of carbonyl (C=O) groups is 1. The van der Waals surface area contributed by atoms with Gasteiger partial charge in [0.05, 0.1) is 18.3 Å². The molecule has 0 bridgehead atoms. The number of aliphatic hydroxyl groups excluding tert-OH is 1. The zero-order valence-electron chi connectivity index (χ0n) is 21.3. The second kappa shape index (κ2) is 12.3. The van der Waals surface area contributed by atoms with Gasteiger partial charge in [-0.2, -0.15) is 0 Å². The molecule has 1 saturated carbocycles. The molecule has 1 N–H and O–H groups in total. The van der Waals surface area contributed by atoms with Crippen molar-refractivity contribution in [2.75, 3.05) is 6.61 Å². The van der Waals surface area contributed by atoms with Crippen molar-refractivity contribution in [3.63, 3.8) is 0 Å². The standard InChI is InChI=1S/C31H31F3O4/c1-3-4-17-37-28-16-11-23(18-27(28)32)21-9-12-24(13-10-21)38-31(36)26-15-14-25(29(33)30(26)34)22-7-5-20(6-8-22)19(2)35/h3,9-16,18-20,22,35H,1,4-8,17H2,2H3. The molecule has 1 aliphatic carbocycles. The Bertz CT molecular complexity index is 1280. The van der Waals surface area contributed by atoms with E-state index in [1.807, 2.05) is 0 Å². The maximum atomic E-state index is 14.9. The summed E-state index contributed by atoms with van der Waals surface area (Å²) in [5.41, 5.74) is 1.04. The van der Waals surface area contributed by atoms with E-state index in [2.05, 4.69) is 6.58 Å². The first-order valence-electron chi connectivity index (χ1n) is 12.8. The maximum absolute atomic E-state index is 14.9. The number of carbonyl (C=O) groups excluding carboxylic acids is 1. The molecular formula is C31H31F3O4. The minimum absolute atomic E-state index is 0.143. The zero-order valence-corrected chi connectivity index (χ0v) is 21.3. The number of esters is 1. The average Bonchev–Trinajstić information content (AvgIpc) is 2.91. The predicted octanol–water partition coefficient (Wildman–Crippen LogP) is 7.60. The molecule has 0 heterocycles. The Balaban J connectivity index is 1.41. The first kappa shape index (κ1) is 27.5. The van der Waals surface area contributed by atoms with Crippen LogP contribution in [0.3, 0.4) is 0 Å². The van der Waals surface area contributed by atoms with E-state index in [1.54, 1.807) is 37.3 Å². The molecule has 1 fully saturated rings. The van der Waals surface area contributed by atoms with E-state index in [1.165, 1.54) is 30.3 Å². The molecular weight excluding hydrogens is 493 g/mol. The van der Waals surface area contributed by atoms with Crippen LogP contribution in [0.15, 0.2) is 67.3 Å². The van der Waals surface area contributed by atoms with E-state index in [0.29, 0.717) is 37.0 Å². The fourth-order valence-corrected chi connectivity index (χ4v) is 4.88. The fraction of sp³-hybridized carbons (Fsp3) is 0.323. The third kappa shape index (κ3) is 6.27. The van der Waals surface area contributed by atoms with Gasteiger partial charge in [-0.3, -0.25) is 0 Å². The lowest BCUT2D eigenvalue weighted by molar-refractivity contribution is 0.0728. The van der Waals surface area contributed by atoms with Crippen molar-refractivity contribution >= 4 is 5.97 Å². The lowest BCUT2D eigenvalue weighted by Crippen LogP contribution is -2.23. The Hall–Kier alpha value is -3.58. The predicted molar refractivity (Wildman–Crippen MR) is 140 cm³/mol. The normalized spacial score (nSPS) is 18.0. The van der Waals surface area contributed by atoms with Crippen LogP contribution in [0.1, 0.15) is 60.9 Å². The maximum Gasteiger partial charge on any atom is 0.346 e. The number of hydrogen-bond donors (Lipinski definition) is 1. The second-order valence-corrected chi connectivity index (χ2v) is 9.67. The highest BCUT2D eigenvalue weighted by molar-refractivity contribution is 5.91. The molecule has 3 aromatic rings. The minimum atomic E-state index is -1.23. The van der Waals surface area contributed by atoms with E-state index in [9.17, 15) is 23.1 Å². The first-order chi connectivity index (χ1) is 18.3. The van der Waals surface area contributed by atoms with Crippen LogP contribution in [0.25, 0.3) is 11.1 Å². The van der Waals surface area contributed by atoms with Gasteiger partial charge in [0.25, 0.3) is 0 Å². The average molecular weight is 525 g/mol. The first-order valence-corrected chi connectivity index (χ1v) is 12.8. The highest BCUT2D eigenvalue weighted by atomic mass is 19.2. The summed E-state index contributed by atoms with van der Waals surface area (Å²) in [6, 6.07) is 13.6. The molecule has 1 aliphatic rings. The summed E-state index contributed by atoms with van der Waals surface area (Å²) in [5.74, 6) is -3.47. The molecule has 1 unspecified atom stereocenters. The Labute approximate surface area is 220 Å². The van der Waals surface area contributed by atoms with Crippen LogP contribution in [0, 0.1) is 23.4 Å². The number of aliphatic hydroxyl groups is 1. The van der Waals surface area contributed by atoms with Gasteiger partial charge in [0.1, 0.15) is 5.75 Å². The van der Waals surface area contributed by atoms with E-state index in [4.69, 9.17) is 9.47 Å². The van der Waals surface area contributed by atoms with Gasteiger partial charge in [0, 0.05) is 0 Å². The molecule has 1 atom stereocenters. The molecule has 0 aliphatic heterocycles. The smallest absolute Gasteiger partial charge is 0.346 e. The van der Waals surface area contributed by atoms with Crippen LogP contribution >= 0.6 is 0 Å². The molecule has 0 radical (unpaired) electrons. The molecule has 7 heteroatoms. The lowest BCUT2D eigenvalue weighted by Gasteiger charge is -2.30. The summed E-state index contributed by atoms with van der Waals surface area (Å²) in [6.07, 6.45) is 4.65. The van der Waals surface area contributed by atoms with Gasteiger partial charge in [-0.1, -0.05) is 30.3 Å². The summed E-state index contributed by atoms with van der Waals surface area (Å²) in [4.78, 5) is 12.6. The molecule has 0 spiro atoms. The summed E-state index contributed by atoms with van der Waals surface area (Å²) in [6.45, 7) is 5.68. The highest BCUT2D eigenvalue weighted by Gasteiger charge is 2.29. The van der Waals surface area contributed by atoms with Crippen LogP contribution < -0.4 is 9.47 Å². The molecule has 0 amide bonds. The molecule has 3 aromatic carbocycles. The quantitative estimate of drug-likeness (QED) is 0.136. The molecule has 38 heavy (non-hydrogen) atoms. The summed E-state index contributed by atoms with van der Waals surface area (Å²) in [5, 5.41) is 9.77. The molecule has 0 aromatic heterocycles. The van der Waals surface area contributed by atoms with Crippen molar-refractivity contribution in [3.05, 3.63) is 95.8 Å². The molecule has 4 rings (SSSR count). The second-order valence-electron chi connectivity index (χ2n) is 9.67. The molecule has 0 saturated heterocycles. The number of hydrogen-bond acceptors (Lipinski definition) is 4. The number of rotatable bonds is 9. The number of ether oxygens (including phenoxy) is 2. The van der Waals surface area contributed by atoms with Gasteiger partial charge in [0.15, 0.2) is 23.2 Å². The topological polar surface area (TPSA) is 55.8 Å². The van der Waals surface area contributed by atoms with Crippen LogP contribution in [0.5, 0.6) is 11.5 Å². The zero-order chi connectivity index (χ0) is 27.2. The number of halogens is 3. The van der Waals surface area contributed by atoms with Crippen LogP contribution in [-0.2, 0) is 0 Å². The summed E-state index contributed by atoms with van der Waals surface area (Å²) >= 11 is 0. The summed E-state index contributed by atoms with van der Waals surface area (Å²) in [7, 11) is 0. The third-order valence-electron chi connectivity index (χ3n) is 7.14. The van der Waals surface area contributed by atoms with Gasteiger partial charge >= 0.3 is 5.97 Å².